The third-order valence-corrected chi connectivity index (χ3v) is 5.34. The first kappa shape index (κ1) is 16.4. The lowest BCUT2D eigenvalue weighted by Gasteiger charge is -2.45. The second-order valence-electron chi connectivity index (χ2n) is 7.14. The maximum atomic E-state index is 12.3. The smallest absolute Gasteiger partial charge is 0.257 e. The van der Waals surface area contributed by atoms with E-state index >= 15 is 0 Å². The summed E-state index contributed by atoms with van der Waals surface area (Å²) in [6, 6.07) is 2.30. The Morgan fingerprint density at radius 2 is 2.20 bits per heavy atom. The zero-order chi connectivity index (χ0) is 17.4. The van der Waals surface area contributed by atoms with Gasteiger partial charge in [0.05, 0.1) is 30.2 Å². The van der Waals surface area contributed by atoms with Gasteiger partial charge >= 0.3 is 0 Å². The Morgan fingerprint density at radius 3 is 2.80 bits per heavy atom. The molecule has 1 saturated carbocycles. The van der Waals surface area contributed by atoms with E-state index in [0.29, 0.717) is 11.6 Å². The van der Waals surface area contributed by atoms with Crippen LogP contribution in [0.2, 0.25) is 0 Å². The van der Waals surface area contributed by atoms with Crippen molar-refractivity contribution in [3.63, 3.8) is 0 Å². The van der Waals surface area contributed by atoms with Gasteiger partial charge in [0.25, 0.3) is 5.91 Å². The molecule has 2 N–H and O–H groups in total. The number of hydrogen-bond acceptors (Lipinski definition) is 5. The van der Waals surface area contributed by atoms with Gasteiger partial charge in [0.15, 0.2) is 0 Å². The Kier molecular flexibility index (Phi) is 4.35. The third-order valence-electron chi connectivity index (χ3n) is 5.34. The molecule has 0 spiro atoms. The van der Waals surface area contributed by atoms with Crippen molar-refractivity contribution in [3.8, 4) is 0 Å². The predicted octanol–water partition coefficient (Wildman–Crippen LogP) is 1.35. The second kappa shape index (κ2) is 6.65. The number of aryl methyl sites for hydroxylation is 1. The van der Waals surface area contributed by atoms with Crippen LogP contribution in [0.4, 0.5) is 0 Å². The van der Waals surface area contributed by atoms with Gasteiger partial charge in [0.1, 0.15) is 6.26 Å². The number of carbonyl (C=O) groups excluding carboxylic acids is 1. The lowest BCUT2D eigenvalue weighted by Crippen LogP contribution is -2.58. The third kappa shape index (κ3) is 3.21. The maximum absolute atomic E-state index is 12.3. The Morgan fingerprint density at radius 1 is 1.40 bits per heavy atom. The summed E-state index contributed by atoms with van der Waals surface area (Å²) in [5.74, 6) is 0.0381. The first-order valence-electron chi connectivity index (χ1n) is 8.88. The fourth-order valence-corrected chi connectivity index (χ4v) is 3.86. The van der Waals surface area contributed by atoms with Crippen molar-refractivity contribution in [3.05, 3.63) is 42.1 Å². The van der Waals surface area contributed by atoms with Crippen LogP contribution < -0.4 is 5.32 Å². The highest BCUT2D eigenvalue weighted by molar-refractivity contribution is 5.93. The van der Waals surface area contributed by atoms with Crippen molar-refractivity contribution < 1.29 is 14.3 Å². The van der Waals surface area contributed by atoms with E-state index in [-0.39, 0.29) is 24.1 Å². The van der Waals surface area contributed by atoms with E-state index < -0.39 is 0 Å². The first-order valence-corrected chi connectivity index (χ1v) is 8.88. The molecule has 7 heteroatoms. The molecule has 0 radical (unpaired) electrons. The molecule has 134 valence electrons. The topological polar surface area (TPSA) is 83.5 Å². The van der Waals surface area contributed by atoms with Gasteiger partial charge in [-0.25, -0.2) is 0 Å². The molecule has 2 aromatic rings. The SMILES string of the molecule is Cc1cnn([C@H]2[C@H](O)C[C@@H]2NC2CCN(C(=O)c3ccoc3)CC2)c1. The highest BCUT2D eigenvalue weighted by Gasteiger charge is 2.43. The van der Waals surface area contributed by atoms with Gasteiger partial charge in [-0.05, 0) is 37.8 Å². The number of amides is 1. The van der Waals surface area contributed by atoms with Crippen LogP contribution in [0.1, 0.15) is 41.2 Å². The number of carbonyl (C=O) groups is 1. The number of hydrogen-bond donors (Lipinski definition) is 2. The summed E-state index contributed by atoms with van der Waals surface area (Å²) in [6.45, 7) is 3.48. The van der Waals surface area contributed by atoms with Crippen LogP contribution in [0.15, 0.2) is 35.4 Å². The van der Waals surface area contributed by atoms with Crippen LogP contribution in [0.25, 0.3) is 0 Å². The van der Waals surface area contributed by atoms with E-state index in [9.17, 15) is 9.90 Å². The van der Waals surface area contributed by atoms with Crippen LogP contribution in [-0.4, -0.2) is 57.0 Å². The molecule has 1 saturated heterocycles. The Labute approximate surface area is 146 Å². The molecule has 25 heavy (non-hydrogen) atoms. The lowest BCUT2D eigenvalue weighted by molar-refractivity contribution is -0.0143. The molecule has 0 aromatic carbocycles. The summed E-state index contributed by atoms with van der Waals surface area (Å²) in [5.41, 5.74) is 1.71. The van der Waals surface area contributed by atoms with E-state index in [2.05, 4.69) is 10.4 Å². The minimum absolute atomic E-state index is 0.000656. The summed E-state index contributed by atoms with van der Waals surface area (Å²) in [6.07, 6.45) is 9.06. The average molecular weight is 344 g/mol. The van der Waals surface area contributed by atoms with E-state index in [1.54, 1.807) is 6.07 Å². The van der Waals surface area contributed by atoms with Gasteiger partial charge in [0, 0.05) is 31.4 Å². The molecule has 2 fully saturated rings. The van der Waals surface area contributed by atoms with Crippen LogP contribution in [-0.2, 0) is 0 Å². The van der Waals surface area contributed by atoms with Crippen molar-refractivity contribution in [1.82, 2.24) is 20.0 Å². The predicted molar refractivity (Wildman–Crippen MR) is 91.2 cm³/mol. The number of aliphatic hydroxyl groups is 1. The molecule has 7 nitrogen and oxygen atoms in total. The van der Waals surface area contributed by atoms with Crippen molar-refractivity contribution in [2.45, 2.75) is 50.4 Å². The minimum atomic E-state index is -0.348. The van der Waals surface area contributed by atoms with E-state index in [0.717, 1.165) is 37.9 Å². The number of nitrogens with one attached hydrogen (secondary N) is 1. The molecule has 2 aliphatic rings. The van der Waals surface area contributed by atoms with Gasteiger partial charge in [-0.1, -0.05) is 0 Å². The van der Waals surface area contributed by atoms with E-state index in [4.69, 9.17) is 4.42 Å². The molecule has 1 amide bonds. The summed E-state index contributed by atoms with van der Waals surface area (Å²) in [5, 5.41) is 18.1. The van der Waals surface area contributed by atoms with Crippen LogP contribution in [0.3, 0.4) is 0 Å². The van der Waals surface area contributed by atoms with E-state index in [1.165, 1.54) is 12.5 Å². The molecule has 1 aliphatic heterocycles. The molecule has 0 unspecified atom stereocenters. The molecule has 4 rings (SSSR count). The number of aliphatic hydroxyl groups excluding tert-OH is 1. The van der Waals surface area contributed by atoms with Crippen LogP contribution >= 0.6 is 0 Å². The quantitative estimate of drug-likeness (QED) is 0.875. The fraction of sp³-hybridized carbons (Fsp3) is 0.556. The fourth-order valence-electron chi connectivity index (χ4n) is 3.86. The van der Waals surface area contributed by atoms with Crippen LogP contribution in [0.5, 0.6) is 0 Å². The van der Waals surface area contributed by atoms with Crippen molar-refractivity contribution in [1.29, 1.82) is 0 Å². The molecule has 3 atom stereocenters. The van der Waals surface area contributed by atoms with Gasteiger partial charge in [-0.15, -0.1) is 0 Å². The second-order valence-corrected chi connectivity index (χ2v) is 7.14. The highest BCUT2D eigenvalue weighted by atomic mass is 16.3. The largest absolute Gasteiger partial charge is 0.472 e. The summed E-state index contributed by atoms with van der Waals surface area (Å²) in [4.78, 5) is 14.2. The zero-order valence-corrected chi connectivity index (χ0v) is 14.3. The number of likely N-dealkylation sites (tertiary alicyclic amines) is 1. The number of aromatic nitrogens is 2. The lowest BCUT2D eigenvalue weighted by atomic mass is 9.82. The first-order chi connectivity index (χ1) is 12.1. The minimum Gasteiger partial charge on any atom is -0.472 e. The molecular weight excluding hydrogens is 320 g/mol. The summed E-state index contributed by atoms with van der Waals surface area (Å²) in [7, 11) is 0. The number of piperidine rings is 1. The monoisotopic (exact) mass is 344 g/mol. The Balaban J connectivity index is 1.31. The number of furan rings is 1. The summed E-state index contributed by atoms with van der Waals surface area (Å²) >= 11 is 0. The van der Waals surface area contributed by atoms with Gasteiger partial charge in [-0.2, -0.15) is 5.10 Å². The molecule has 1 aliphatic carbocycles. The van der Waals surface area contributed by atoms with Gasteiger partial charge < -0.3 is 19.7 Å². The molecular formula is C18H24N4O3. The van der Waals surface area contributed by atoms with Crippen LogP contribution in [0, 0.1) is 6.92 Å². The zero-order valence-electron chi connectivity index (χ0n) is 14.3. The summed E-state index contributed by atoms with van der Waals surface area (Å²) < 4.78 is 6.87. The van der Waals surface area contributed by atoms with Crippen molar-refractivity contribution >= 4 is 5.91 Å². The normalized spacial score (nSPS) is 27.3. The Hall–Kier alpha value is -2.12. The van der Waals surface area contributed by atoms with Crippen molar-refractivity contribution in [2.75, 3.05) is 13.1 Å². The van der Waals surface area contributed by atoms with Crippen molar-refractivity contribution in [2.24, 2.45) is 0 Å². The molecule has 0 bridgehead atoms. The van der Waals surface area contributed by atoms with Gasteiger partial charge in [-0.3, -0.25) is 9.48 Å². The highest BCUT2D eigenvalue weighted by Crippen LogP contribution is 2.33. The molecule has 3 heterocycles. The van der Waals surface area contributed by atoms with E-state index in [1.807, 2.05) is 28.9 Å². The number of nitrogens with zero attached hydrogens (tertiary/aromatic N) is 3. The Bertz CT molecular complexity index is 719. The maximum Gasteiger partial charge on any atom is 0.257 e. The van der Waals surface area contributed by atoms with Gasteiger partial charge in [0.2, 0.25) is 0 Å². The molecule has 2 aromatic heterocycles. The number of rotatable bonds is 4. The average Bonchev–Trinajstić information content (AvgIpc) is 3.26. The standard InChI is InChI=1S/C18H24N4O3/c1-12-9-19-22(10-12)17-15(8-16(17)23)20-14-2-5-21(6-3-14)18(24)13-4-7-25-11-13/h4,7,9-11,14-17,20,23H,2-3,5-6,8H2,1H3/t15-,16+,17+/m0/s1.